The fourth-order valence-electron chi connectivity index (χ4n) is 1.60. The Morgan fingerprint density at radius 2 is 2.11 bits per heavy atom. The maximum absolute atomic E-state index is 13.7. The molecule has 0 amide bonds. The number of aromatic nitrogens is 1. The zero-order valence-electron chi connectivity index (χ0n) is 10.1. The van der Waals surface area contributed by atoms with Crippen LogP contribution in [0.3, 0.4) is 0 Å². The Bertz CT molecular complexity index is 543. The minimum Gasteiger partial charge on any atom is -0.436 e. The van der Waals surface area contributed by atoms with Crippen LogP contribution in [0.1, 0.15) is 11.3 Å². The lowest BCUT2D eigenvalue weighted by Gasteiger charge is -2.07. The normalized spacial score (nSPS) is 10.4. The minimum atomic E-state index is -0.454. The molecular weight excluding hydrogens is 233 g/mol. The summed E-state index contributed by atoms with van der Waals surface area (Å²) < 4.78 is 19.1. The molecule has 0 atom stereocenters. The molecule has 0 aliphatic rings. The summed E-state index contributed by atoms with van der Waals surface area (Å²) in [5.41, 5.74) is 1.55. The molecule has 1 heterocycles. The molecule has 0 unspecified atom stereocenters. The molecule has 0 spiro atoms. The number of hydrogen-bond donors (Lipinski definition) is 1. The van der Waals surface area contributed by atoms with Gasteiger partial charge in [0.2, 0.25) is 5.88 Å². The van der Waals surface area contributed by atoms with Crippen molar-refractivity contribution < 1.29 is 14.2 Å². The third kappa shape index (κ3) is 3.05. The largest absolute Gasteiger partial charge is 0.436 e. The van der Waals surface area contributed by atoms with E-state index in [1.165, 1.54) is 6.07 Å². The SMILES string of the molecule is Cc1cccc(Oc2ccc(CCO)cc2F)n1. The van der Waals surface area contributed by atoms with Gasteiger partial charge in [0.15, 0.2) is 11.6 Å². The van der Waals surface area contributed by atoms with Crippen LogP contribution in [-0.2, 0) is 6.42 Å². The van der Waals surface area contributed by atoms with Crippen molar-refractivity contribution >= 4 is 0 Å². The van der Waals surface area contributed by atoms with Gasteiger partial charge in [0.05, 0.1) is 0 Å². The standard InChI is InChI=1S/C14H14FNO2/c1-10-3-2-4-14(16-10)18-13-6-5-11(7-8-17)9-12(13)15/h2-6,9,17H,7-8H2,1H3. The summed E-state index contributed by atoms with van der Waals surface area (Å²) in [7, 11) is 0. The lowest BCUT2D eigenvalue weighted by atomic mass is 10.1. The van der Waals surface area contributed by atoms with Crippen molar-refractivity contribution in [1.29, 1.82) is 0 Å². The molecule has 2 aromatic rings. The maximum Gasteiger partial charge on any atom is 0.219 e. The molecule has 1 aromatic carbocycles. The molecule has 0 aliphatic carbocycles. The molecule has 4 heteroatoms. The van der Waals surface area contributed by atoms with Gasteiger partial charge in [0.25, 0.3) is 0 Å². The van der Waals surface area contributed by atoms with Crippen molar-refractivity contribution in [2.75, 3.05) is 6.61 Å². The quantitative estimate of drug-likeness (QED) is 0.903. The molecule has 18 heavy (non-hydrogen) atoms. The second-order valence-corrected chi connectivity index (χ2v) is 3.96. The predicted octanol–water partition coefficient (Wildman–Crippen LogP) is 2.86. The van der Waals surface area contributed by atoms with Gasteiger partial charge in [0, 0.05) is 18.4 Å². The molecule has 3 nitrogen and oxygen atoms in total. The molecule has 0 radical (unpaired) electrons. The van der Waals surface area contributed by atoms with Gasteiger partial charge < -0.3 is 9.84 Å². The van der Waals surface area contributed by atoms with Crippen molar-refractivity contribution in [2.45, 2.75) is 13.3 Å². The van der Waals surface area contributed by atoms with Crippen LogP contribution in [0.2, 0.25) is 0 Å². The van der Waals surface area contributed by atoms with Crippen LogP contribution in [-0.4, -0.2) is 16.7 Å². The summed E-state index contributed by atoms with van der Waals surface area (Å²) in [5.74, 6) is 0.0443. The maximum atomic E-state index is 13.7. The summed E-state index contributed by atoms with van der Waals surface area (Å²) >= 11 is 0. The molecule has 0 aliphatic heterocycles. The van der Waals surface area contributed by atoms with Gasteiger partial charge in [-0.15, -0.1) is 0 Å². The van der Waals surface area contributed by atoms with Gasteiger partial charge in [-0.3, -0.25) is 0 Å². The van der Waals surface area contributed by atoms with E-state index in [1.54, 1.807) is 24.3 Å². The van der Waals surface area contributed by atoms with Gasteiger partial charge in [-0.05, 0) is 37.1 Å². The number of rotatable bonds is 4. The smallest absolute Gasteiger partial charge is 0.219 e. The van der Waals surface area contributed by atoms with Crippen LogP contribution < -0.4 is 4.74 Å². The van der Waals surface area contributed by atoms with Crippen molar-refractivity contribution in [2.24, 2.45) is 0 Å². The highest BCUT2D eigenvalue weighted by Gasteiger charge is 2.06. The zero-order valence-corrected chi connectivity index (χ0v) is 10.1. The highest BCUT2D eigenvalue weighted by atomic mass is 19.1. The number of ether oxygens (including phenoxy) is 1. The first-order valence-electron chi connectivity index (χ1n) is 5.70. The number of hydrogen-bond acceptors (Lipinski definition) is 3. The molecule has 0 saturated heterocycles. The van der Waals surface area contributed by atoms with Crippen LogP contribution >= 0.6 is 0 Å². The van der Waals surface area contributed by atoms with Crippen molar-refractivity contribution in [3.8, 4) is 11.6 Å². The fourth-order valence-corrected chi connectivity index (χ4v) is 1.60. The third-order valence-electron chi connectivity index (χ3n) is 2.47. The average molecular weight is 247 g/mol. The highest BCUT2D eigenvalue weighted by Crippen LogP contribution is 2.24. The van der Waals surface area contributed by atoms with E-state index in [-0.39, 0.29) is 12.4 Å². The number of aryl methyl sites for hydroxylation is 1. The lowest BCUT2D eigenvalue weighted by Crippen LogP contribution is -1.95. The first-order valence-corrected chi connectivity index (χ1v) is 5.70. The molecule has 0 saturated carbocycles. The Morgan fingerprint density at radius 1 is 1.28 bits per heavy atom. The van der Waals surface area contributed by atoms with E-state index in [0.717, 1.165) is 11.3 Å². The van der Waals surface area contributed by atoms with E-state index >= 15 is 0 Å². The summed E-state index contributed by atoms with van der Waals surface area (Å²) in [6, 6.07) is 9.95. The number of nitrogens with zero attached hydrogens (tertiary/aromatic N) is 1. The molecule has 0 fully saturated rings. The van der Waals surface area contributed by atoms with Gasteiger partial charge in [-0.1, -0.05) is 12.1 Å². The van der Waals surface area contributed by atoms with E-state index < -0.39 is 5.82 Å². The molecule has 0 bridgehead atoms. The second-order valence-electron chi connectivity index (χ2n) is 3.96. The summed E-state index contributed by atoms with van der Waals surface area (Å²) in [5, 5.41) is 8.78. The van der Waals surface area contributed by atoms with E-state index in [2.05, 4.69) is 4.98 Å². The minimum absolute atomic E-state index is 0.000913. The number of benzene rings is 1. The van der Waals surface area contributed by atoms with Gasteiger partial charge in [-0.2, -0.15) is 0 Å². The summed E-state index contributed by atoms with van der Waals surface area (Å²) in [6.45, 7) is 1.84. The van der Waals surface area contributed by atoms with Crippen LogP contribution in [0, 0.1) is 12.7 Å². The van der Waals surface area contributed by atoms with Crippen LogP contribution in [0.5, 0.6) is 11.6 Å². The monoisotopic (exact) mass is 247 g/mol. The predicted molar refractivity (Wildman–Crippen MR) is 66.2 cm³/mol. The van der Waals surface area contributed by atoms with E-state index in [4.69, 9.17) is 9.84 Å². The van der Waals surface area contributed by atoms with Gasteiger partial charge in [0.1, 0.15) is 0 Å². The van der Waals surface area contributed by atoms with E-state index in [1.807, 2.05) is 13.0 Å². The number of aliphatic hydroxyl groups is 1. The first kappa shape index (κ1) is 12.5. The first-order chi connectivity index (χ1) is 8.69. The molecule has 1 aromatic heterocycles. The van der Waals surface area contributed by atoms with Gasteiger partial charge in [-0.25, -0.2) is 9.37 Å². The van der Waals surface area contributed by atoms with Crippen LogP contribution in [0.25, 0.3) is 0 Å². The summed E-state index contributed by atoms with van der Waals surface area (Å²) in [6.07, 6.45) is 0.430. The Balaban J connectivity index is 2.19. The second kappa shape index (κ2) is 5.60. The lowest BCUT2D eigenvalue weighted by molar-refractivity contribution is 0.299. The number of aliphatic hydroxyl groups excluding tert-OH is 1. The third-order valence-corrected chi connectivity index (χ3v) is 2.47. The Kier molecular flexibility index (Phi) is 3.89. The van der Waals surface area contributed by atoms with E-state index in [9.17, 15) is 4.39 Å². The molecule has 94 valence electrons. The van der Waals surface area contributed by atoms with Gasteiger partial charge >= 0.3 is 0 Å². The topological polar surface area (TPSA) is 42.4 Å². The van der Waals surface area contributed by atoms with E-state index in [0.29, 0.717) is 12.3 Å². The molecule has 1 N–H and O–H groups in total. The fraction of sp³-hybridized carbons (Fsp3) is 0.214. The number of pyridine rings is 1. The zero-order chi connectivity index (χ0) is 13.0. The molecular formula is C14H14FNO2. The van der Waals surface area contributed by atoms with Crippen molar-refractivity contribution in [3.63, 3.8) is 0 Å². The summed E-state index contributed by atoms with van der Waals surface area (Å²) in [4.78, 5) is 4.14. The number of halogens is 1. The van der Waals surface area contributed by atoms with Crippen molar-refractivity contribution in [1.82, 2.24) is 4.98 Å². The molecule has 2 rings (SSSR count). The highest BCUT2D eigenvalue weighted by molar-refractivity contribution is 5.32. The van der Waals surface area contributed by atoms with Crippen molar-refractivity contribution in [3.05, 3.63) is 53.5 Å². The van der Waals surface area contributed by atoms with Crippen LogP contribution in [0.4, 0.5) is 4.39 Å². The Labute approximate surface area is 105 Å². The Morgan fingerprint density at radius 3 is 2.78 bits per heavy atom. The average Bonchev–Trinajstić information content (AvgIpc) is 2.33. The Hall–Kier alpha value is -1.94. The van der Waals surface area contributed by atoms with Crippen LogP contribution in [0.15, 0.2) is 36.4 Å².